The summed E-state index contributed by atoms with van der Waals surface area (Å²) in [7, 11) is 4.51. The number of hydrogen-bond acceptors (Lipinski definition) is 5. The fourth-order valence-electron chi connectivity index (χ4n) is 2.61. The summed E-state index contributed by atoms with van der Waals surface area (Å²) in [5, 5.41) is 2.77. The fraction of sp³-hybridized carbons (Fsp3) is 0.300. The third-order valence-electron chi connectivity index (χ3n) is 3.94. The standard InChI is InChI=1S/C20H24N2O5/c1-14(23)22(12-15-8-6-5-7-9-15)13-19(24)21-16-10-17(25-2)20(27-4)18(11-16)26-3/h5-11H,12-13H2,1-4H3,(H,21,24). The van der Waals surface area contributed by atoms with E-state index in [9.17, 15) is 9.59 Å². The van der Waals surface area contributed by atoms with Crippen LogP contribution in [-0.4, -0.2) is 44.6 Å². The maximum Gasteiger partial charge on any atom is 0.244 e. The highest BCUT2D eigenvalue weighted by Crippen LogP contribution is 2.39. The molecule has 0 atom stereocenters. The van der Waals surface area contributed by atoms with Crippen molar-refractivity contribution in [2.75, 3.05) is 33.2 Å². The molecule has 2 rings (SSSR count). The summed E-state index contributed by atoms with van der Waals surface area (Å²) < 4.78 is 15.8. The second-order valence-electron chi connectivity index (χ2n) is 5.82. The van der Waals surface area contributed by atoms with Crippen molar-refractivity contribution in [3.63, 3.8) is 0 Å². The van der Waals surface area contributed by atoms with Crippen molar-refractivity contribution in [3.8, 4) is 17.2 Å². The molecule has 0 radical (unpaired) electrons. The molecule has 0 spiro atoms. The second kappa shape index (κ2) is 9.47. The Bertz CT molecular complexity index is 767. The van der Waals surface area contributed by atoms with Crippen LogP contribution in [0.15, 0.2) is 42.5 Å². The van der Waals surface area contributed by atoms with Gasteiger partial charge in [0.15, 0.2) is 11.5 Å². The predicted octanol–water partition coefficient (Wildman–Crippen LogP) is 2.70. The number of carbonyl (C=O) groups is 2. The number of hydrogen-bond donors (Lipinski definition) is 1. The zero-order chi connectivity index (χ0) is 19.8. The lowest BCUT2D eigenvalue weighted by Crippen LogP contribution is -2.36. The quantitative estimate of drug-likeness (QED) is 0.771. The van der Waals surface area contributed by atoms with Crippen LogP contribution >= 0.6 is 0 Å². The van der Waals surface area contributed by atoms with Crippen molar-refractivity contribution < 1.29 is 23.8 Å². The number of amides is 2. The van der Waals surface area contributed by atoms with E-state index in [0.717, 1.165) is 5.56 Å². The summed E-state index contributed by atoms with van der Waals surface area (Å²) in [5.74, 6) is 0.793. The summed E-state index contributed by atoms with van der Waals surface area (Å²) in [6.45, 7) is 1.73. The van der Waals surface area contributed by atoms with Gasteiger partial charge in [0.1, 0.15) is 6.54 Å². The van der Waals surface area contributed by atoms with E-state index in [2.05, 4.69) is 5.32 Å². The third kappa shape index (κ3) is 5.37. The first-order valence-corrected chi connectivity index (χ1v) is 8.37. The van der Waals surface area contributed by atoms with Crippen LogP contribution in [0.5, 0.6) is 17.2 Å². The summed E-state index contributed by atoms with van der Waals surface area (Å²) in [4.78, 5) is 25.8. The van der Waals surface area contributed by atoms with Crippen LogP contribution in [0, 0.1) is 0 Å². The second-order valence-corrected chi connectivity index (χ2v) is 5.82. The first-order chi connectivity index (χ1) is 13.0. The molecule has 0 unspecified atom stereocenters. The number of rotatable bonds is 8. The molecule has 27 heavy (non-hydrogen) atoms. The Hall–Kier alpha value is -3.22. The number of nitrogens with one attached hydrogen (secondary N) is 1. The van der Waals surface area contributed by atoms with Gasteiger partial charge in [-0.2, -0.15) is 0 Å². The Morgan fingerprint density at radius 1 is 0.963 bits per heavy atom. The third-order valence-corrected chi connectivity index (χ3v) is 3.94. The molecule has 0 fully saturated rings. The number of methoxy groups -OCH3 is 3. The van der Waals surface area contributed by atoms with Gasteiger partial charge in [-0.25, -0.2) is 0 Å². The highest BCUT2D eigenvalue weighted by molar-refractivity contribution is 5.94. The van der Waals surface area contributed by atoms with Crippen molar-refractivity contribution in [2.24, 2.45) is 0 Å². The molecule has 7 nitrogen and oxygen atoms in total. The van der Waals surface area contributed by atoms with Crippen LogP contribution in [-0.2, 0) is 16.1 Å². The SMILES string of the molecule is COc1cc(NC(=O)CN(Cc2ccccc2)C(C)=O)cc(OC)c1OC. The fourth-order valence-corrected chi connectivity index (χ4v) is 2.61. The van der Waals surface area contributed by atoms with E-state index in [1.807, 2.05) is 30.3 Å². The van der Waals surface area contributed by atoms with Crippen LogP contribution in [0.1, 0.15) is 12.5 Å². The molecular weight excluding hydrogens is 348 g/mol. The van der Waals surface area contributed by atoms with Crippen LogP contribution in [0.4, 0.5) is 5.69 Å². The molecule has 2 amide bonds. The Kier molecular flexibility index (Phi) is 7.05. The van der Waals surface area contributed by atoms with Crippen LogP contribution in [0.2, 0.25) is 0 Å². The van der Waals surface area contributed by atoms with Gasteiger partial charge in [-0.1, -0.05) is 30.3 Å². The van der Waals surface area contributed by atoms with E-state index in [4.69, 9.17) is 14.2 Å². The molecule has 0 heterocycles. The van der Waals surface area contributed by atoms with Gasteiger partial charge in [-0.05, 0) is 5.56 Å². The number of nitrogens with zero attached hydrogens (tertiary/aromatic N) is 1. The molecule has 144 valence electrons. The molecule has 0 aliphatic rings. The molecule has 0 saturated heterocycles. The van der Waals surface area contributed by atoms with Crippen molar-refractivity contribution in [2.45, 2.75) is 13.5 Å². The largest absolute Gasteiger partial charge is 0.493 e. The van der Waals surface area contributed by atoms with Gasteiger partial charge in [0, 0.05) is 31.3 Å². The number of ether oxygens (including phenoxy) is 3. The van der Waals surface area contributed by atoms with Gasteiger partial charge in [0.2, 0.25) is 17.6 Å². The lowest BCUT2D eigenvalue weighted by atomic mass is 10.2. The van der Waals surface area contributed by atoms with Crippen molar-refractivity contribution in [1.29, 1.82) is 0 Å². The van der Waals surface area contributed by atoms with Gasteiger partial charge in [-0.15, -0.1) is 0 Å². The maximum absolute atomic E-state index is 12.5. The Morgan fingerprint density at radius 3 is 2.04 bits per heavy atom. The Morgan fingerprint density at radius 2 is 1.56 bits per heavy atom. The molecule has 7 heteroatoms. The van der Waals surface area contributed by atoms with Gasteiger partial charge >= 0.3 is 0 Å². The highest BCUT2D eigenvalue weighted by Gasteiger charge is 2.17. The predicted molar refractivity (Wildman–Crippen MR) is 102 cm³/mol. The maximum atomic E-state index is 12.5. The van der Waals surface area contributed by atoms with Crippen LogP contribution in [0.25, 0.3) is 0 Å². The zero-order valence-corrected chi connectivity index (χ0v) is 15.9. The zero-order valence-electron chi connectivity index (χ0n) is 15.9. The van der Waals surface area contributed by atoms with Gasteiger partial charge in [0.05, 0.1) is 21.3 Å². The van der Waals surface area contributed by atoms with Crippen LogP contribution in [0.3, 0.4) is 0 Å². The molecule has 0 aliphatic heterocycles. The van der Waals surface area contributed by atoms with Crippen molar-refractivity contribution in [3.05, 3.63) is 48.0 Å². The van der Waals surface area contributed by atoms with Crippen molar-refractivity contribution >= 4 is 17.5 Å². The van der Waals surface area contributed by atoms with E-state index < -0.39 is 0 Å². The van der Waals surface area contributed by atoms with E-state index >= 15 is 0 Å². The minimum Gasteiger partial charge on any atom is -0.493 e. The molecule has 0 bridgehead atoms. The van der Waals surface area contributed by atoms with Gasteiger partial charge in [-0.3, -0.25) is 9.59 Å². The first kappa shape index (κ1) is 20.1. The molecule has 0 saturated carbocycles. The summed E-state index contributed by atoms with van der Waals surface area (Å²) in [5.41, 5.74) is 1.44. The lowest BCUT2D eigenvalue weighted by molar-refractivity contribution is -0.133. The smallest absolute Gasteiger partial charge is 0.244 e. The summed E-state index contributed by atoms with van der Waals surface area (Å²) in [6, 6.07) is 12.8. The molecule has 1 N–H and O–H groups in total. The minimum absolute atomic E-state index is 0.0686. The Labute approximate surface area is 158 Å². The van der Waals surface area contributed by atoms with Gasteiger partial charge in [0.25, 0.3) is 0 Å². The number of benzene rings is 2. The molecule has 2 aromatic rings. The lowest BCUT2D eigenvalue weighted by Gasteiger charge is -2.21. The molecule has 0 aliphatic carbocycles. The molecular formula is C20H24N2O5. The average molecular weight is 372 g/mol. The average Bonchev–Trinajstić information content (AvgIpc) is 2.67. The topological polar surface area (TPSA) is 77.1 Å². The van der Waals surface area contributed by atoms with E-state index in [1.54, 1.807) is 12.1 Å². The number of carbonyl (C=O) groups excluding carboxylic acids is 2. The van der Waals surface area contributed by atoms with Gasteiger partial charge < -0.3 is 24.4 Å². The Balaban J connectivity index is 2.12. The highest BCUT2D eigenvalue weighted by atomic mass is 16.5. The van der Waals surface area contributed by atoms with Crippen molar-refractivity contribution in [1.82, 2.24) is 4.90 Å². The van der Waals surface area contributed by atoms with E-state index in [0.29, 0.717) is 29.5 Å². The monoisotopic (exact) mass is 372 g/mol. The first-order valence-electron chi connectivity index (χ1n) is 8.37. The minimum atomic E-state index is -0.324. The normalized spacial score (nSPS) is 10.1. The van der Waals surface area contributed by atoms with E-state index in [-0.39, 0.29) is 18.4 Å². The van der Waals surface area contributed by atoms with E-state index in [1.165, 1.54) is 33.2 Å². The molecule has 2 aromatic carbocycles. The summed E-state index contributed by atoms with van der Waals surface area (Å²) in [6.07, 6.45) is 0. The number of anilines is 1. The summed E-state index contributed by atoms with van der Waals surface area (Å²) >= 11 is 0. The van der Waals surface area contributed by atoms with Crippen LogP contribution < -0.4 is 19.5 Å². The molecule has 0 aromatic heterocycles.